The molecule has 1 aliphatic heterocycles. The molecule has 11 heteroatoms. The minimum atomic E-state index is -4.65. The van der Waals surface area contributed by atoms with Gasteiger partial charge in [0, 0.05) is 12.7 Å². The van der Waals surface area contributed by atoms with E-state index in [0.29, 0.717) is 12.8 Å². The molecule has 0 spiro atoms. The van der Waals surface area contributed by atoms with E-state index in [9.17, 15) is 27.6 Å². The summed E-state index contributed by atoms with van der Waals surface area (Å²) in [7, 11) is 0. The summed E-state index contributed by atoms with van der Waals surface area (Å²) in [5.74, 6) is -2.61. The highest BCUT2D eigenvalue weighted by molar-refractivity contribution is 6.39. The van der Waals surface area contributed by atoms with E-state index in [0.717, 1.165) is 12.1 Å². The van der Waals surface area contributed by atoms with Crippen molar-refractivity contribution in [2.45, 2.75) is 32.0 Å². The van der Waals surface area contributed by atoms with Crippen LogP contribution >= 0.6 is 11.6 Å². The Bertz CT molecular complexity index is 1060. The van der Waals surface area contributed by atoms with Gasteiger partial charge in [0.2, 0.25) is 5.91 Å². The zero-order valence-corrected chi connectivity index (χ0v) is 17.7. The van der Waals surface area contributed by atoms with Gasteiger partial charge in [0.25, 0.3) is 0 Å². The van der Waals surface area contributed by atoms with E-state index < -0.39 is 40.5 Å². The summed E-state index contributed by atoms with van der Waals surface area (Å²) in [4.78, 5) is 41.9. The third-order valence-corrected chi connectivity index (χ3v) is 5.56. The molecule has 3 N–H and O–H groups in total. The maximum Gasteiger partial charge on any atom is 0.417 e. The quantitative estimate of drug-likeness (QED) is 0.668. The molecule has 2 aromatic rings. The van der Waals surface area contributed by atoms with E-state index in [1.807, 2.05) is 6.92 Å². The number of pyridine rings is 1. The van der Waals surface area contributed by atoms with Crippen molar-refractivity contribution >= 4 is 35.0 Å². The third-order valence-electron chi connectivity index (χ3n) is 5.23. The second kappa shape index (κ2) is 9.15. The van der Waals surface area contributed by atoms with Crippen molar-refractivity contribution in [2.24, 2.45) is 11.7 Å². The van der Waals surface area contributed by atoms with Crippen LogP contribution in [0.1, 0.15) is 47.3 Å². The Labute approximate surface area is 186 Å². The normalized spacial score (nSPS) is 18.8. The van der Waals surface area contributed by atoms with Gasteiger partial charge in [-0.05, 0) is 42.5 Å². The van der Waals surface area contributed by atoms with E-state index in [4.69, 9.17) is 17.3 Å². The number of likely N-dealkylation sites (tertiary alicyclic amines) is 1. The molecule has 1 aromatic carbocycles. The number of halogens is 4. The molecule has 32 heavy (non-hydrogen) atoms. The number of anilines is 1. The molecule has 7 nitrogen and oxygen atoms in total. The summed E-state index contributed by atoms with van der Waals surface area (Å²) in [6.07, 6.45) is -1.15. The standard InChI is InChI=1S/C21H20ClF3N4O3/c1-11-2-5-17(12-3-4-16(22)15(7-12)21(23,24)25)29(10-11)20(32)19(31)28-14-6-13(18(26)30)8-27-9-14/h3-4,6-9,11,17H,2,5,10H2,1H3,(H2,26,30)(H,28,31)/t11-,17+/m1/s1. The minimum Gasteiger partial charge on any atom is -0.366 e. The topological polar surface area (TPSA) is 105 Å². The average molecular weight is 469 g/mol. The highest BCUT2D eigenvalue weighted by Gasteiger charge is 2.37. The van der Waals surface area contributed by atoms with Crippen molar-refractivity contribution in [1.82, 2.24) is 9.88 Å². The SMILES string of the molecule is C[C@@H]1CC[C@@H](c2ccc(Cl)c(C(F)(F)F)c2)N(C(=O)C(=O)Nc2cncc(C(N)=O)c2)C1. The Morgan fingerprint density at radius 2 is 1.91 bits per heavy atom. The predicted molar refractivity (Wildman–Crippen MR) is 111 cm³/mol. The molecule has 1 aliphatic rings. The number of carbonyl (C=O) groups is 3. The maximum atomic E-state index is 13.3. The summed E-state index contributed by atoms with van der Waals surface area (Å²) in [6, 6.07) is 4.03. The Morgan fingerprint density at radius 3 is 2.56 bits per heavy atom. The fourth-order valence-corrected chi connectivity index (χ4v) is 3.87. The average Bonchev–Trinajstić information content (AvgIpc) is 2.73. The molecule has 1 saturated heterocycles. The Hall–Kier alpha value is -3.14. The van der Waals surface area contributed by atoms with Crippen LogP contribution in [-0.2, 0) is 15.8 Å². The lowest BCUT2D eigenvalue weighted by atomic mass is 9.89. The zero-order valence-electron chi connectivity index (χ0n) is 16.9. The monoisotopic (exact) mass is 468 g/mol. The molecule has 170 valence electrons. The van der Waals surface area contributed by atoms with E-state index in [2.05, 4.69) is 10.3 Å². The van der Waals surface area contributed by atoms with Crippen molar-refractivity contribution in [2.75, 3.05) is 11.9 Å². The first-order chi connectivity index (χ1) is 15.0. The highest BCUT2D eigenvalue weighted by atomic mass is 35.5. The molecule has 3 amide bonds. The molecule has 1 fully saturated rings. The molecular formula is C21H20ClF3N4O3. The Morgan fingerprint density at radius 1 is 1.19 bits per heavy atom. The summed E-state index contributed by atoms with van der Waals surface area (Å²) < 4.78 is 39.9. The molecule has 3 rings (SSSR count). The summed E-state index contributed by atoms with van der Waals surface area (Å²) in [5.41, 5.74) is 4.56. The van der Waals surface area contributed by atoms with Crippen LogP contribution in [0.4, 0.5) is 18.9 Å². The molecule has 0 bridgehead atoms. The van der Waals surface area contributed by atoms with Gasteiger partial charge in [0.05, 0.1) is 34.1 Å². The third kappa shape index (κ3) is 5.18. The maximum absolute atomic E-state index is 13.3. The first kappa shape index (κ1) is 23.5. The molecule has 0 unspecified atom stereocenters. The van der Waals surface area contributed by atoms with Crippen LogP contribution in [0.3, 0.4) is 0 Å². The fraction of sp³-hybridized carbons (Fsp3) is 0.333. The number of alkyl halides is 3. The Balaban J connectivity index is 1.87. The van der Waals surface area contributed by atoms with Crippen LogP contribution in [0.15, 0.2) is 36.7 Å². The lowest BCUT2D eigenvalue weighted by Gasteiger charge is -2.38. The number of primary amides is 1. The minimum absolute atomic E-state index is 0.0422. The van der Waals surface area contributed by atoms with Gasteiger partial charge < -0.3 is 16.0 Å². The van der Waals surface area contributed by atoms with Gasteiger partial charge >= 0.3 is 18.0 Å². The summed E-state index contributed by atoms with van der Waals surface area (Å²) in [6.45, 7) is 2.08. The second-order valence-electron chi connectivity index (χ2n) is 7.67. The number of hydrogen-bond donors (Lipinski definition) is 2. The second-order valence-corrected chi connectivity index (χ2v) is 8.08. The van der Waals surface area contributed by atoms with Gasteiger partial charge in [-0.3, -0.25) is 19.4 Å². The number of nitrogens with two attached hydrogens (primary N) is 1. The van der Waals surface area contributed by atoms with E-state index in [1.54, 1.807) is 0 Å². The van der Waals surface area contributed by atoms with Crippen molar-refractivity contribution in [3.05, 3.63) is 58.4 Å². The number of rotatable bonds is 3. The first-order valence-electron chi connectivity index (χ1n) is 9.70. The number of amides is 3. The van der Waals surface area contributed by atoms with Crippen molar-refractivity contribution < 1.29 is 27.6 Å². The van der Waals surface area contributed by atoms with Gasteiger partial charge in [0.15, 0.2) is 0 Å². The summed E-state index contributed by atoms with van der Waals surface area (Å²) in [5, 5.41) is 1.92. The van der Waals surface area contributed by atoms with Gasteiger partial charge in [-0.1, -0.05) is 24.6 Å². The molecule has 0 saturated carbocycles. The molecule has 0 aliphatic carbocycles. The molecule has 2 heterocycles. The lowest BCUT2D eigenvalue weighted by molar-refractivity contribution is -0.146. The van der Waals surface area contributed by atoms with Gasteiger partial charge in [-0.2, -0.15) is 13.2 Å². The number of nitrogens with one attached hydrogen (secondary N) is 1. The number of nitrogens with zero attached hydrogens (tertiary/aromatic N) is 2. The lowest BCUT2D eigenvalue weighted by Crippen LogP contribution is -2.46. The van der Waals surface area contributed by atoms with Gasteiger partial charge in [-0.15, -0.1) is 0 Å². The molecule has 2 atom stereocenters. The first-order valence-corrected chi connectivity index (χ1v) is 10.1. The molecule has 0 radical (unpaired) electrons. The number of benzene rings is 1. The number of hydrogen-bond acceptors (Lipinski definition) is 4. The number of carbonyl (C=O) groups excluding carboxylic acids is 3. The van der Waals surface area contributed by atoms with Crippen LogP contribution in [0, 0.1) is 5.92 Å². The molecular weight excluding hydrogens is 449 g/mol. The van der Waals surface area contributed by atoms with Crippen LogP contribution in [0.2, 0.25) is 5.02 Å². The fourth-order valence-electron chi connectivity index (χ4n) is 3.65. The molecule has 1 aromatic heterocycles. The smallest absolute Gasteiger partial charge is 0.366 e. The van der Waals surface area contributed by atoms with Crippen LogP contribution in [-0.4, -0.2) is 34.2 Å². The van der Waals surface area contributed by atoms with E-state index in [1.165, 1.54) is 29.4 Å². The largest absolute Gasteiger partial charge is 0.417 e. The van der Waals surface area contributed by atoms with Crippen molar-refractivity contribution in [3.63, 3.8) is 0 Å². The predicted octanol–water partition coefficient (Wildman–Crippen LogP) is 3.79. The number of aromatic nitrogens is 1. The van der Waals surface area contributed by atoms with Crippen molar-refractivity contribution in [3.8, 4) is 0 Å². The summed E-state index contributed by atoms with van der Waals surface area (Å²) >= 11 is 5.71. The van der Waals surface area contributed by atoms with Crippen LogP contribution < -0.4 is 11.1 Å². The van der Waals surface area contributed by atoms with Crippen LogP contribution in [0.5, 0.6) is 0 Å². The van der Waals surface area contributed by atoms with Crippen LogP contribution in [0.25, 0.3) is 0 Å². The number of piperidine rings is 1. The van der Waals surface area contributed by atoms with Gasteiger partial charge in [0.1, 0.15) is 0 Å². The Kier molecular flexibility index (Phi) is 6.73. The highest BCUT2D eigenvalue weighted by Crippen LogP contribution is 2.39. The van der Waals surface area contributed by atoms with E-state index in [-0.39, 0.29) is 29.3 Å². The zero-order chi connectivity index (χ0) is 23.6. The van der Waals surface area contributed by atoms with Crippen molar-refractivity contribution in [1.29, 1.82) is 0 Å². The van der Waals surface area contributed by atoms with E-state index >= 15 is 0 Å². The van der Waals surface area contributed by atoms with Gasteiger partial charge in [-0.25, -0.2) is 0 Å².